The molecule has 31 heavy (non-hydrogen) atoms. The number of amides is 2. The van der Waals surface area contributed by atoms with Gasteiger partial charge in [0.25, 0.3) is 0 Å². The number of hydrogen-bond donors (Lipinski definition) is 2. The van der Waals surface area contributed by atoms with Crippen LogP contribution in [0.4, 0.5) is 0 Å². The molecule has 1 saturated heterocycles. The lowest BCUT2D eigenvalue weighted by Gasteiger charge is -2.39. The van der Waals surface area contributed by atoms with E-state index in [1.54, 1.807) is 0 Å². The first-order valence-electron chi connectivity index (χ1n) is 10.4. The number of fused-ring (bicyclic) bond motifs is 1. The monoisotopic (exact) mass is 446 g/mol. The van der Waals surface area contributed by atoms with Crippen molar-refractivity contribution < 1.29 is 18.0 Å². The largest absolute Gasteiger partial charge is 0.368 e. The maximum atomic E-state index is 12.3. The highest BCUT2D eigenvalue weighted by atomic mass is 32.2. The van der Waals surface area contributed by atoms with Crippen LogP contribution in [0.15, 0.2) is 42.5 Å². The Morgan fingerprint density at radius 3 is 2.45 bits per heavy atom. The van der Waals surface area contributed by atoms with Gasteiger partial charge < -0.3 is 11.1 Å². The highest BCUT2D eigenvalue weighted by Crippen LogP contribution is 2.31. The zero-order valence-electron chi connectivity index (χ0n) is 18.0. The van der Waals surface area contributed by atoms with Gasteiger partial charge in [-0.25, -0.2) is 8.42 Å². The molecular weight excluding hydrogens is 416 g/mol. The van der Waals surface area contributed by atoms with Crippen LogP contribution in [-0.4, -0.2) is 67.9 Å². The summed E-state index contributed by atoms with van der Waals surface area (Å²) < 4.78 is 25.9. The normalized spacial score (nSPS) is 17.0. The number of likely N-dealkylation sites (tertiary alicyclic amines) is 1. The Morgan fingerprint density at radius 2 is 1.81 bits per heavy atom. The van der Waals surface area contributed by atoms with Gasteiger partial charge in [-0.3, -0.25) is 14.5 Å². The predicted octanol–water partition coefficient (Wildman–Crippen LogP) is 1.23. The van der Waals surface area contributed by atoms with E-state index in [-0.39, 0.29) is 25.2 Å². The van der Waals surface area contributed by atoms with Crippen molar-refractivity contribution in [1.82, 2.24) is 14.5 Å². The number of primary amides is 1. The molecule has 168 valence electrons. The molecule has 2 aromatic carbocycles. The highest BCUT2D eigenvalue weighted by molar-refractivity contribution is 7.88. The number of carbonyl (C=O) groups is 2. The number of nitrogens with two attached hydrogens (primary N) is 1. The summed E-state index contributed by atoms with van der Waals surface area (Å²) in [5.74, 6) is -1.20. The van der Waals surface area contributed by atoms with Gasteiger partial charge >= 0.3 is 0 Å². The zero-order valence-corrected chi connectivity index (χ0v) is 18.8. The molecule has 0 radical (unpaired) electrons. The molecule has 0 saturated carbocycles. The van der Waals surface area contributed by atoms with E-state index in [1.165, 1.54) is 20.6 Å². The number of nitrogens with one attached hydrogen (secondary N) is 1. The van der Waals surface area contributed by atoms with Crippen molar-refractivity contribution in [2.45, 2.75) is 31.8 Å². The van der Waals surface area contributed by atoms with Crippen LogP contribution in [0, 0.1) is 0 Å². The van der Waals surface area contributed by atoms with E-state index in [0.717, 1.165) is 19.3 Å². The molecular formula is C22H30N4O4S. The lowest BCUT2D eigenvalue weighted by molar-refractivity contribution is -0.125. The number of piperidine rings is 1. The van der Waals surface area contributed by atoms with Crippen LogP contribution >= 0.6 is 0 Å². The second-order valence-corrected chi connectivity index (χ2v) is 10.00. The van der Waals surface area contributed by atoms with E-state index in [4.69, 9.17) is 5.73 Å². The number of hydrogen-bond acceptors (Lipinski definition) is 5. The summed E-state index contributed by atoms with van der Waals surface area (Å²) in [6.07, 6.45) is 2.37. The van der Waals surface area contributed by atoms with Gasteiger partial charge in [0.2, 0.25) is 21.8 Å². The van der Waals surface area contributed by atoms with Gasteiger partial charge in [-0.15, -0.1) is 0 Å². The number of carbonyl (C=O) groups excluding carboxylic acids is 2. The number of rotatable bonds is 8. The third-order valence-corrected chi connectivity index (χ3v) is 7.19. The van der Waals surface area contributed by atoms with Gasteiger partial charge in [0.1, 0.15) is 0 Å². The van der Waals surface area contributed by atoms with E-state index in [2.05, 4.69) is 47.5 Å². The second-order valence-electron chi connectivity index (χ2n) is 8.06. The van der Waals surface area contributed by atoms with Crippen molar-refractivity contribution in [2.24, 2.45) is 5.73 Å². The maximum Gasteiger partial charge on any atom is 0.236 e. The lowest BCUT2D eigenvalue weighted by atomic mass is 9.96. The Morgan fingerprint density at radius 1 is 1.16 bits per heavy atom. The van der Waals surface area contributed by atoms with Crippen LogP contribution in [0.5, 0.6) is 0 Å². The zero-order chi connectivity index (χ0) is 22.6. The maximum absolute atomic E-state index is 12.3. The molecule has 3 rings (SSSR count). The summed E-state index contributed by atoms with van der Waals surface area (Å²) in [5.41, 5.74) is 6.29. The first-order chi connectivity index (χ1) is 14.7. The molecule has 0 unspecified atom stereocenters. The predicted molar refractivity (Wildman–Crippen MR) is 121 cm³/mol. The number of sulfonamides is 1. The molecule has 1 heterocycles. The fourth-order valence-electron chi connectivity index (χ4n) is 4.27. The third kappa shape index (κ3) is 5.81. The molecule has 0 aromatic heterocycles. The van der Waals surface area contributed by atoms with Crippen molar-refractivity contribution in [1.29, 1.82) is 0 Å². The Labute approximate surface area is 183 Å². The summed E-state index contributed by atoms with van der Waals surface area (Å²) in [7, 11) is -3.58. The average molecular weight is 447 g/mol. The van der Waals surface area contributed by atoms with Crippen molar-refractivity contribution >= 4 is 32.6 Å². The van der Waals surface area contributed by atoms with Crippen LogP contribution in [0.2, 0.25) is 0 Å². The van der Waals surface area contributed by atoms with Gasteiger partial charge in [-0.05, 0) is 36.1 Å². The van der Waals surface area contributed by atoms with Crippen molar-refractivity contribution in [3.63, 3.8) is 0 Å². The summed E-state index contributed by atoms with van der Waals surface area (Å²) in [6, 6.07) is 14.5. The summed E-state index contributed by atoms with van der Waals surface area (Å²) in [5, 5.41) is 4.79. The van der Waals surface area contributed by atoms with Crippen LogP contribution in [0.1, 0.15) is 31.4 Å². The van der Waals surface area contributed by atoms with Crippen molar-refractivity contribution in [3.8, 4) is 0 Å². The first kappa shape index (κ1) is 23.2. The molecule has 1 aliphatic heterocycles. The van der Waals surface area contributed by atoms with Crippen LogP contribution in [0.3, 0.4) is 0 Å². The first-order valence-corrected chi connectivity index (χ1v) is 12.2. The van der Waals surface area contributed by atoms with Crippen LogP contribution in [0.25, 0.3) is 10.8 Å². The van der Waals surface area contributed by atoms with Gasteiger partial charge in [-0.2, -0.15) is 4.31 Å². The Hall–Kier alpha value is -2.49. The summed E-state index contributed by atoms with van der Waals surface area (Å²) in [4.78, 5) is 25.3. The lowest BCUT2D eigenvalue weighted by Crippen LogP contribution is -2.51. The van der Waals surface area contributed by atoms with Crippen molar-refractivity contribution in [3.05, 3.63) is 48.0 Å². The molecule has 0 spiro atoms. The minimum atomic E-state index is -3.58. The minimum Gasteiger partial charge on any atom is -0.368 e. The topological polar surface area (TPSA) is 113 Å². The molecule has 2 amide bonds. The molecule has 1 fully saturated rings. The molecule has 3 N–H and O–H groups in total. The average Bonchev–Trinajstić information content (AvgIpc) is 2.74. The van der Waals surface area contributed by atoms with Crippen LogP contribution in [-0.2, 0) is 19.6 Å². The molecule has 8 nitrogen and oxygen atoms in total. The Balaban J connectivity index is 1.67. The summed E-state index contributed by atoms with van der Waals surface area (Å²) in [6.45, 7) is 3.01. The highest BCUT2D eigenvalue weighted by Gasteiger charge is 2.33. The molecule has 0 bridgehead atoms. The smallest absolute Gasteiger partial charge is 0.236 e. The fraction of sp³-hybridized carbons (Fsp3) is 0.455. The van der Waals surface area contributed by atoms with E-state index in [1.807, 2.05) is 12.1 Å². The van der Waals surface area contributed by atoms with Gasteiger partial charge in [0.05, 0.1) is 19.3 Å². The standard InChI is InChI=1S/C22H30N4O4S/c1-16(19-9-5-7-17-6-3-4-8-20(17)19)25-12-10-18(11-13-25)26(31(2,29)30)15-22(28)24-14-21(23)27/h3-9,16,18H,10-15H2,1-2H3,(H2,23,27)(H,24,28)/t16-/m1/s1. The van der Waals surface area contributed by atoms with E-state index < -0.39 is 21.8 Å². The molecule has 9 heteroatoms. The molecule has 2 aromatic rings. The molecule has 0 aliphatic carbocycles. The van der Waals surface area contributed by atoms with Gasteiger partial charge in [0, 0.05) is 25.2 Å². The van der Waals surface area contributed by atoms with Crippen LogP contribution < -0.4 is 11.1 Å². The number of benzene rings is 2. The molecule has 1 atom stereocenters. The Bertz CT molecular complexity index is 1040. The Kier molecular flexibility index (Phi) is 7.30. The second kappa shape index (κ2) is 9.76. The van der Waals surface area contributed by atoms with Crippen molar-refractivity contribution in [2.75, 3.05) is 32.4 Å². The third-order valence-electron chi connectivity index (χ3n) is 5.91. The fourth-order valence-corrected chi connectivity index (χ4v) is 5.38. The van der Waals surface area contributed by atoms with Gasteiger partial charge in [-0.1, -0.05) is 42.5 Å². The summed E-state index contributed by atoms with van der Waals surface area (Å²) >= 11 is 0. The van der Waals surface area contributed by atoms with E-state index in [0.29, 0.717) is 12.8 Å². The minimum absolute atomic E-state index is 0.192. The quantitative estimate of drug-likeness (QED) is 0.633. The van der Waals surface area contributed by atoms with E-state index >= 15 is 0 Å². The van der Waals surface area contributed by atoms with E-state index in [9.17, 15) is 18.0 Å². The van der Waals surface area contributed by atoms with Gasteiger partial charge in [0.15, 0.2) is 0 Å². The number of nitrogens with zero attached hydrogens (tertiary/aromatic N) is 2. The SMILES string of the molecule is C[C@H](c1cccc2ccccc12)N1CCC(N(CC(=O)NCC(N)=O)S(C)(=O)=O)CC1. The molecule has 1 aliphatic rings.